The summed E-state index contributed by atoms with van der Waals surface area (Å²) in [4.78, 5) is 16.1. The molecule has 1 amide bonds. The molecule has 164 valence electrons. The van der Waals surface area contributed by atoms with E-state index in [2.05, 4.69) is 21.0 Å². The SMILES string of the molecule is Cc1ccc(C)c(S(=O)(=O)Nc2ccc(C(=O)NCC(c3cccs3)N(C)C)cc2)c1. The molecule has 2 N–H and O–H groups in total. The van der Waals surface area contributed by atoms with Gasteiger partial charge in [0.25, 0.3) is 15.9 Å². The summed E-state index contributed by atoms with van der Waals surface area (Å²) in [6.07, 6.45) is 0. The van der Waals surface area contributed by atoms with Gasteiger partial charge in [0.15, 0.2) is 0 Å². The molecule has 0 spiro atoms. The maximum Gasteiger partial charge on any atom is 0.262 e. The number of nitrogens with zero attached hydrogens (tertiary/aromatic N) is 1. The van der Waals surface area contributed by atoms with Crippen molar-refractivity contribution in [3.63, 3.8) is 0 Å². The van der Waals surface area contributed by atoms with E-state index in [-0.39, 0.29) is 16.8 Å². The van der Waals surface area contributed by atoms with Crippen LogP contribution in [0.4, 0.5) is 5.69 Å². The van der Waals surface area contributed by atoms with Crippen LogP contribution in [-0.4, -0.2) is 39.9 Å². The van der Waals surface area contributed by atoms with E-state index in [0.717, 1.165) is 5.56 Å². The van der Waals surface area contributed by atoms with Crippen LogP contribution in [-0.2, 0) is 10.0 Å². The third-order valence-electron chi connectivity index (χ3n) is 4.98. The fraction of sp³-hybridized carbons (Fsp3) is 0.261. The van der Waals surface area contributed by atoms with E-state index in [4.69, 9.17) is 0 Å². The molecule has 31 heavy (non-hydrogen) atoms. The molecule has 0 saturated heterocycles. The van der Waals surface area contributed by atoms with Crippen LogP contribution in [0.5, 0.6) is 0 Å². The summed E-state index contributed by atoms with van der Waals surface area (Å²) in [6, 6.07) is 15.9. The van der Waals surface area contributed by atoms with Crippen LogP contribution in [0.2, 0.25) is 0 Å². The lowest BCUT2D eigenvalue weighted by atomic mass is 10.1. The first-order valence-electron chi connectivity index (χ1n) is 9.85. The lowest BCUT2D eigenvalue weighted by Gasteiger charge is -2.23. The molecule has 6 nitrogen and oxygen atoms in total. The van der Waals surface area contributed by atoms with Crippen molar-refractivity contribution in [3.8, 4) is 0 Å². The summed E-state index contributed by atoms with van der Waals surface area (Å²) < 4.78 is 28.1. The number of carbonyl (C=O) groups excluding carboxylic acids is 1. The van der Waals surface area contributed by atoms with E-state index in [1.54, 1.807) is 54.7 Å². The standard InChI is InChI=1S/C23H27N3O3S2/c1-16-7-8-17(2)22(14-16)31(28,29)25-19-11-9-18(10-12-19)23(27)24-15-20(26(3)4)21-6-5-13-30-21/h5-14,20,25H,15H2,1-4H3,(H,24,27). The van der Waals surface area contributed by atoms with Crippen LogP contribution < -0.4 is 10.0 Å². The van der Waals surface area contributed by atoms with E-state index >= 15 is 0 Å². The van der Waals surface area contributed by atoms with Gasteiger partial charge in [-0.3, -0.25) is 9.52 Å². The lowest BCUT2D eigenvalue weighted by molar-refractivity contribution is 0.0942. The van der Waals surface area contributed by atoms with Crippen LogP contribution in [0.15, 0.2) is 64.9 Å². The Morgan fingerprint density at radius 2 is 1.77 bits per heavy atom. The molecule has 1 unspecified atom stereocenters. The number of rotatable bonds is 8. The Morgan fingerprint density at radius 1 is 1.06 bits per heavy atom. The van der Waals surface area contributed by atoms with Crippen LogP contribution in [0.25, 0.3) is 0 Å². The minimum atomic E-state index is -3.71. The molecule has 0 saturated carbocycles. The molecule has 1 aromatic heterocycles. The van der Waals surface area contributed by atoms with Gasteiger partial charge in [-0.25, -0.2) is 8.42 Å². The Hall–Kier alpha value is -2.68. The molecule has 0 aliphatic rings. The fourth-order valence-electron chi connectivity index (χ4n) is 3.21. The number of aryl methyl sites for hydroxylation is 2. The van der Waals surface area contributed by atoms with Crippen LogP contribution in [0.3, 0.4) is 0 Å². The normalized spacial score (nSPS) is 12.5. The maximum absolute atomic E-state index is 12.8. The quantitative estimate of drug-likeness (QED) is 0.531. The van der Waals surface area contributed by atoms with E-state index in [0.29, 0.717) is 23.4 Å². The minimum absolute atomic E-state index is 0.0904. The van der Waals surface area contributed by atoms with Gasteiger partial charge in [-0.1, -0.05) is 18.2 Å². The first-order valence-corrected chi connectivity index (χ1v) is 12.2. The lowest BCUT2D eigenvalue weighted by Crippen LogP contribution is -2.34. The first kappa shape index (κ1) is 23.0. The zero-order chi connectivity index (χ0) is 22.6. The molecule has 0 aliphatic carbocycles. The molecule has 3 aromatic rings. The number of thiophene rings is 1. The minimum Gasteiger partial charge on any atom is -0.350 e. The molecule has 0 radical (unpaired) electrons. The summed E-state index contributed by atoms with van der Waals surface area (Å²) in [5.74, 6) is -0.202. The van der Waals surface area contributed by atoms with E-state index in [1.807, 2.05) is 38.5 Å². The van der Waals surface area contributed by atoms with Gasteiger partial charge < -0.3 is 10.2 Å². The van der Waals surface area contributed by atoms with Gasteiger partial charge >= 0.3 is 0 Å². The van der Waals surface area contributed by atoms with Crippen molar-refractivity contribution in [2.24, 2.45) is 0 Å². The number of sulfonamides is 1. The highest BCUT2D eigenvalue weighted by atomic mass is 32.2. The molecule has 2 aromatic carbocycles. The number of anilines is 1. The summed E-state index contributed by atoms with van der Waals surface area (Å²) >= 11 is 1.66. The average Bonchev–Trinajstić information content (AvgIpc) is 3.24. The predicted molar refractivity (Wildman–Crippen MR) is 126 cm³/mol. The van der Waals surface area contributed by atoms with E-state index < -0.39 is 10.0 Å². The number of benzene rings is 2. The number of carbonyl (C=O) groups is 1. The molecule has 1 atom stereocenters. The van der Waals surface area contributed by atoms with Crippen LogP contribution >= 0.6 is 11.3 Å². The molecule has 0 fully saturated rings. The Bertz CT molecular complexity index is 1140. The summed E-state index contributed by atoms with van der Waals surface area (Å²) in [7, 11) is 0.248. The van der Waals surface area contributed by atoms with Crippen molar-refractivity contribution >= 4 is 33.0 Å². The van der Waals surface area contributed by atoms with Crippen molar-refractivity contribution in [1.29, 1.82) is 0 Å². The number of likely N-dealkylation sites (N-methyl/N-ethyl adjacent to an activating group) is 1. The third-order valence-corrected chi connectivity index (χ3v) is 7.48. The molecule has 0 aliphatic heterocycles. The first-order chi connectivity index (χ1) is 14.7. The molecular formula is C23H27N3O3S2. The van der Waals surface area contributed by atoms with Crippen molar-refractivity contribution in [2.45, 2.75) is 24.8 Å². The van der Waals surface area contributed by atoms with Gasteiger partial charge in [-0.2, -0.15) is 0 Å². The Morgan fingerprint density at radius 3 is 2.39 bits per heavy atom. The average molecular weight is 458 g/mol. The van der Waals surface area contributed by atoms with Crippen molar-refractivity contribution < 1.29 is 13.2 Å². The molecule has 0 bridgehead atoms. The second kappa shape index (κ2) is 9.64. The predicted octanol–water partition coefficient (Wildman–Crippen LogP) is 4.20. The second-order valence-electron chi connectivity index (χ2n) is 7.66. The summed E-state index contributed by atoms with van der Waals surface area (Å²) in [5.41, 5.74) is 2.42. The van der Waals surface area contributed by atoms with Crippen molar-refractivity contribution in [3.05, 3.63) is 81.5 Å². The van der Waals surface area contributed by atoms with Gasteiger partial charge in [0.05, 0.1) is 10.9 Å². The van der Waals surface area contributed by atoms with Gasteiger partial charge in [-0.15, -0.1) is 11.3 Å². The zero-order valence-corrected chi connectivity index (χ0v) is 19.7. The topological polar surface area (TPSA) is 78.5 Å². The number of amides is 1. The number of hydrogen-bond acceptors (Lipinski definition) is 5. The Kier molecular flexibility index (Phi) is 7.15. The maximum atomic E-state index is 12.8. The highest BCUT2D eigenvalue weighted by Gasteiger charge is 2.19. The van der Waals surface area contributed by atoms with Gasteiger partial charge in [0.2, 0.25) is 0 Å². The monoisotopic (exact) mass is 457 g/mol. The molecular weight excluding hydrogens is 430 g/mol. The number of hydrogen-bond donors (Lipinski definition) is 2. The summed E-state index contributed by atoms with van der Waals surface area (Å²) in [6.45, 7) is 4.09. The van der Waals surface area contributed by atoms with Crippen LogP contribution in [0.1, 0.15) is 32.4 Å². The largest absolute Gasteiger partial charge is 0.350 e. The van der Waals surface area contributed by atoms with Gasteiger partial charge in [-0.05, 0) is 80.8 Å². The summed E-state index contributed by atoms with van der Waals surface area (Å²) in [5, 5.41) is 4.98. The van der Waals surface area contributed by atoms with E-state index in [9.17, 15) is 13.2 Å². The highest BCUT2D eigenvalue weighted by molar-refractivity contribution is 7.92. The Labute approximate surface area is 188 Å². The fourth-order valence-corrected chi connectivity index (χ4v) is 5.52. The molecule has 8 heteroatoms. The van der Waals surface area contributed by atoms with Gasteiger partial charge in [0.1, 0.15) is 0 Å². The van der Waals surface area contributed by atoms with Crippen molar-refractivity contribution in [2.75, 3.05) is 25.4 Å². The van der Waals surface area contributed by atoms with E-state index in [1.165, 1.54) is 4.88 Å². The second-order valence-corrected chi connectivity index (χ2v) is 10.3. The Balaban J connectivity index is 1.67. The number of nitrogens with one attached hydrogen (secondary N) is 2. The smallest absolute Gasteiger partial charge is 0.262 e. The zero-order valence-electron chi connectivity index (χ0n) is 18.0. The third kappa shape index (κ3) is 5.72. The van der Waals surface area contributed by atoms with Gasteiger partial charge in [0, 0.05) is 22.7 Å². The molecule has 1 heterocycles. The van der Waals surface area contributed by atoms with Crippen LogP contribution in [0, 0.1) is 13.8 Å². The van der Waals surface area contributed by atoms with Crippen molar-refractivity contribution in [1.82, 2.24) is 10.2 Å². The molecule has 3 rings (SSSR count). The highest BCUT2D eigenvalue weighted by Crippen LogP contribution is 2.23.